The molecule has 0 bridgehead atoms. The number of pyridine rings is 1. The fourth-order valence-electron chi connectivity index (χ4n) is 1.89. The highest BCUT2D eigenvalue weighted by Gasteiger charge is 2.05. The summed E-state index contributed by atoms with van der Waals surface area (Å²) in [6.07, 6.45) is 4.89. The molecule has 3 aromatic rings. The summed E-state index contributed by atoms with van der Waals surface area (Å²) in [5, 5.41) is 4.23. The number of nitrogens with zero attached hydrogens (tertiary/aromatic N) is 3. The van der Waals surface area contributed by atoms with Crippen molar-refractivity contribution in [1.82, 2.24) is 15.0 Å². The van der Waals surface area contributed by atoms with E-state index in [1.807, 2.05) is 24.3 Å². The number of halogens is 1. The van der Waals surface area contributed by atoms with E-state index in [9.17, 15) is 0 Å². The molecule has 0 aliphatic rings. The Bertz CT molecular complexity index is 819. The van der Waals surface area contributed by atoms with Gasteiger partial charge in [0.1, 0.15) is 16.5 Å². The zero-order chi connectivity index (χ0) is 14.8. The molecule has 0 fully saturated rings. The topological polar surface area (TPSA) is 76.7 Å². The van der Waals surface area contributed by atoms with E-state index in [1.165, 1.54) is 0 Å². The van der Waals surface area contributed by atoms with Crippen molar-refractivity contribution in [3.8, 4) is 0 Å². The number of nitrogens with two attached hydrogens (primary N) is 1. The van der Waals surface area contributed by atoms with Crippen LogP contribution in [0.4, 0.5) is 11.5 Å². The van der Waals surface area contributed by atoms with Gasteiger partial charge in [0.25, 0.3) is 0 Å². The van der Waals surface area contributed by atoms with Crippen molar-refractivity contribution in [1.29, 1.82) is 0 Å². The number of thiocarbonyl (C=S) groups is 1. The van der Waals surface area contributed by atoms with Crippen molar-refractivity contribution in [3.63, 3.8) is 0 Å². The molecule has 7 heteroatoms. The third kappa shape index (κ3) is 2.98. The van der Waals surface area contributed by atoms with Crippen molar-refractivity contribution in [3.05, 3.63) is 53.0 Å². The molecule has 0 saturated heterocycles. The van der Waals surface area contributed by atoms with Gasteiger partial charge >= 0.3 is 0 Å². The highest BCUT2D eigenvalue weighted by Crippen LogP contribution is 2.25. The third-order valence-corrected chi connectivity index (χ3v) is 3.49. The molecule has 0 unspecified atom stereocenters. The van der Waals surface area contributed by atoms with E-state index in [4.69, 9.17) is 18.0 Å². The normalized spacial score (nSPS) is 10.5. The first-order valence-corrected chi connectivity index (χ1v) is 7.27. The second kappa shape index (κ2) is 5.71. The van der Waals surface area contributed by atoms with Crippen LogP contribution >= 0.6 is 28.1 Å². The van der Waals surface area contributed by atoms with Crippen molar-refractivity contribution in [2.45, 2.75) is 0 Å². The lowest BCUT2D eigenvalue weighted by atomic mass is 10.2. The fraction of sp³-hybridized carbons (Fsp3) is 0. The summed E-state index contributed by atoms with van der Waals surface area (Å²) in [6.45, 7) is 0. The summed E-state index contributed by atoms with van der Waals surface area (Å²) < 4.78 is 0.938. The van der Waals surface area contributed by atoms with Gasteiger partial charge in [0, 0.05) is 16.1 Å². The first-order chi connectivity index (χ1) is 10.1. The van der Waals surface area contributed by atoms with Gasteiger partial charge in [-0.3, -0.25) is 4.98 Å². The maximum Gasteiger partial charge on any atom is 0.148 e. The van der Waals surface area contributed by atoms with Crippen LogP contribution in [0.5, 0.6) is 0 Å². The minimum atomic E-state index is 0.228. The van der Waals surface area contributed by atoms with Gasteiger partial charge in [0.2, 0.25) is 0 Å². The lowest BCUT2D eigenvalue weighted by Gasteiger charge is -2.08. The molecule has 5 nitrogen and oxygen atoms in total. The van der Waals surface area contributed by atoms with Gasteiger partial charge in [-0.25, -0.2) is 9.97 Å². The Morgan fingerprint density at radius 3 is 2.71 bits per heavy atom. The lowest BCUT2D eigenvalue weighted by Crippen LogP contribution is -2.12. The van der Waals surface area contributed by atoms with Crippen LogP contribution in [0.1, 0.15) is 5.69 Å². The molecule has 0 aliphatic heterocycles. The fourth-order valence-corrected chi connectivity index (χ4v) is 2.35. The quantitative estimate of drug-likeness (QED) is 0.699. The predicted molar refractivity (Wildman–Crippen MR) is 90.6 cm³/mol. The average Bonchev–Trinajstić information content (AvgIpc) is 2.47. The Hall–Kier alpha value is -2.12. The molecule has 0 radical (unpaired) electrons. The summed E-state index contributed by atoms with van der Waals surface area (Å²) in [5.74, 6) is 0.604. The molecule has 3 N–H and O–H groups in total. The SMILES string of the molecule is NC(=S)c1cnc(Nc2cccc3cc(Br)cnc23)cn1. The van der Waals surface area contributed by atoms with E-state index < -0.39 is 0 Å². The number of anilines is 2. The molecule has 2 heterocycles. The molecular formula is C14H10BrN5S. The number of rotatable bonds is 3. The van der Waals surface area contributed by atoms with Crippen LogP contribution in [-0.4, -0.2) is 19.9 Å². The number of benzene rings is 1. The molecule has 3 rings (SSSR count). The number of hydrogen-bond donors (Lipinski definition) is 2. The summed E-state index contributed by atoms with van der Waals surface area (Å²) in [4.78, 5) is 13.0. The van der Waals surface area contributed by atoms with E-state index >= 15 is 0 Å². The molecule has 0 amide bonds. The second-order valence-electron chi connectivity index (χ2n) is 4.31. The second-order valence-corrected chi connectivity index (χ2v) is 5.66. The number of para-hydroxylation sites is 1. The van der Waals surface area contributed by atoms with Crippen LogP contribution in [0.3, 0.4) is 0 Å². The number of aromatic nitrogens is 3. The van der Waals surface area contributed by atoms with Crippen LogP contribution in [0, 0.1) is 0 Å². The molecule has 2 aromatic heterocycles. The predicted octanol–water partition coefficient (Wildman–Crippen LogP) is 3.17. The monoisotopic (exact) mass is 359 g/mol. The Morgan fingerprint density at radius 1 is 1.14 bits per heavy atom. The summed E-state index contributed by atoms with van der Waals surface area (Å²) >= 11 is 8.27. The van der Waals surface area contributed by atoms with E-state index in [0.717, 1.165) is 21.1 Å². The average molecular weight is 360 g/mol. The number of nitrogens with one attached hydrogen (secondary N) is 1. The summed E-state index contributed by atoms with van der Waals surface area (Å²) in [6, 6.07) is 7.90. The van der Waals surface area contributed by atoms with Crippen LogP contribution in [0.2, 0.25) is 0 Å². The largest absolute Gasteiger partial charge is 0.388 e. The van der Waals surface area contributed by atoms with E-state index in [1.54, 1.807) is 18.6 Å². The van der Waals surface area contributed by atoms with Gasteiger partial charge in [0.05, 0.1) is 23.6 Å². The van der Waals surface area contributed by atoms with Crippen molar-refractivity contribution in [2.75, 3.05) is 5.32 Å². The smallest absolute Gasteiger partial charge is 0.148 e. The minimum Gasteiger partial charge on any atom is -0.388 e. The van der Waals surface area contributed by atoms with Gasteiger partial charge in [-0.1, -0.05) is 24.4 Å². The molecule has 104 valence electrons. The van der Waals surface area contributed by atoms with Gasteiger partial charge in [0.15, 0.2) is 0 Å². The van der Waals surface area contributed by atoms with Crippen molar-refractivity contribution >= 4 is 55.5 Å². The highest BCUT2D eigenvalue weighted by atomic mass is 79.9. The number of hydrogen-bond acceptors (Lipinski definition) is 5. The summed E-state index contributed by atoms with van der Waals surface area (Å²) in [5.41, 5.74) is 7.72. The minimum absolute atomic E-state index is 0.228. The van der Waals surface area contributed by atoms with E-state index in [0.29, 0.717) is 11.5 Å². The third-order valence-electron chi connectivity index (χ3n) is 2.84. The highest BCUT2D eigenvalue weighted by molar-refractivity contribution is 9.10. The Labute approximate surface area is 134 Å². The zero-order valence-electron chi connectivity index (χ0n) is 10.7. The van der Waals surface area contributed by atoms with Crippen LogP contribution < -0.4 is 11.1 Å². The van der Waals surface area contributed by atoms with Gasteiger partial charge in [-0.2, -0.15) is 0 Å². The molecule has 0 atom stereocenters. The summed E-state index contributed by atoms with van der Waals surface area (Å²) in [7, 11) is 0. The Balaban J connectivity index is 1.96. The molecule has 0 saturated carbocycles. The number of fused-ring (bicyclic) bond motifs is 1. The molecule has 21 heavy (non-hydrogen) atoms. The maximum atomic E-state index is 5.50. The van der Waals surface area contributed by atoms with E-state index in [-0.39, 0.29) is 4.99 Å². The van der Waals surface area contributed by atoms with Gasteiger partial charge in [-0.05, 0) is 28.1 Å². The first-order valence-electron chi connectivity index (χ1n) is 6.06. The molecule has 0 spiro atoms. The zero-order valence-corrected chi connectivity index (χ0v) is 13.1. The van der Waals surface area contributed by atoms with Gasteiger partial charge in [-0.15, -0.1) is 0 Å². The van der Waals surface area contributed by atoms with Gasteiger partial charge < -0.3 is 11.1 Å². The standard InChI is InChI=1S/C14H10BrN5S/c15-9-4-8-2-1-3-10(13(8)19-5-9)20-12-7-17-11(6-18-12)14(16)21/h1-7H,(H2,16,21)(H,18,20). The molecular weight excluding hydrogens is 350 g/mol. The van der Waals surface area contributed by atoms with Crippen LogP contribution in [-0.2, 0) is 0 Å². The molecule has 0 aliphatic carbocycles. The van der Waals surface area contributed by atoms with E-state index in [2.05, 4.69) is 36.2 Å². The Morgan fingerprint density at radius 2 is 2.00 bits per heavy atom. The Kier molecular flexibility index (Phi) is 3.76. The van der Waals surface area contributed by atoms with Crippen LogP contribution in [0.25, 0.3) is 10.9 Å². The van der Waals surface area contributed by atoms with Crippen molar-refractivity contribution < 1.29 is 0 Å². The van der Waals surface area contributed by atoms with Crippen LogP contribution in [0.15, 0.2) is 47.3 Å². The maximum absolute atomic E-state index is 5.50. The van der Waals surface area contributed by atoms with Crippen molar-refractivity contribution in [2.24, 2.45) is 5.73 Å². The first kappa shape index (κ1) is 13.8. The lowest BCUT2D eigenvalue weighted by molar-refractivity contribution is 1.18. The molecule has 1 aromatic carbocycles.